The third-order valence-corrected chi connectivity index (χ3v) is 4.81. The van der Waals surface area contributed by atoms with Gasteiger partial charge in [0.05, 0.1) is 10.7 Å². The molecular weight excluding hydrogens is 280 g/mol. The number of hydrogen-bond donors (Lipinski definition) is 1. The summed E-state index contributed by atoms with van der Waals surface area (Å²) in [7, 11) is -3.66. The zero-order chi connectivity index (χ0) is 12.5. The molecule has 1 aromatic carbocycles. The van der Waals surface area contributed by atoms with Crippen molar-refractivity contribution in [2.24, 2.45) is 0 Å². The Kier molecular flexibility index (Phi) is 3.37. The van der Waals surface area contributed by atoms with Crippen molar-refractivity contribution in [2.75, 3.05) is 4.72 Å². The van der Waals surface area contributed by atoms with Crippen LogP contribution in [0.2, 0.25) is 5.02 Å². The van der Waals surface area contributed by atoms with E-state index in [1.807, 2.05) is 0 Å². The van der Waals surface area contributed by atoms with Crippen LogP contribution in [0.3, 0.4) is 0 Å². The molecule has 90 valence electrons. The highest BCUT2D eigenvalue weighted by atomic mass is 35.5. The summed E-state index contributed by atoms with van der Waals surface area (Å²) in [6.45, 7) is 1.80. The molecule has 0 saturated heterocycles. The van der Waals surface area contributed by atoms with Crippen molar-refractivity contribution >= 4 is 38.1 Å². The topological polar surface area (TPSA) is 59.1 Å². The number of benzene rings is 1. The van der Waals surface area contributed by atoms with Gasteiger partial charge < -0.3 is 0 Å². The molecule has 7 heteroatoms. The predicted octanol–water partition coefficient (Wildman–Crippen LogP) is 2.91. The van der Waals surface area contributed by atoms with E-state index in [9.17, 15) is 8.42 Å². The number of halogens is 1. The number of aromatic nitrogens is 1. The summed E-state index contributed by atoms with van der Waals surface area (Å²) in [6.07, 6.45) is 0. The van der Waals surface area contributed by atoms with E-state index in [1.165, 1.54) is 23.5 Å². The van der Waals surface area contributed by atoms with E-state index in [4.69, 9.17) is 11.6 Å². The van der Waals surface area contributed by atoms with E-state index in [0.29, 0.717) is 5.13 Å². The first-order valence-corrected chi connectivity index (χ1v) is 7.42. The summed E-state index contributed by atoms with van der Waals surface area (Å²) in [5.74, 6) is 0. The maximum atomic E-state index is 12.0. The molecule has 0 aliphatic rings. The Labute approximate surface area is 108 Å². The van der Waals surface area contributed by atoms with Crippen molar-refractivity contribution in [3.63, 3.8) is 0 Å². The number of aryl methyl sites for hydroxylation is 1. The summed E-state index contributed by atoms with van der Waals surface area (Å²) in [5, 5.41) is 2.29. The molecule has 0 aliphatic carbocycles. The SMILES string of the molecule is Cc1csc(NS(=O)(=O)c2ccccc2Cl)n1. The van der Waals surface area contributed by atoms with Crippen LogP contribution in [-0.4, -0.2) is 13.4 Å². The second kappa shape index (κ2) is 4.64. The number of thiazole rings is 1. The molecule has 1 aromatic heterocycles. The lowest BCUT2D eigenvalue weighted by atomic mass is 10.4. The first-order chi connectivity index (χ1) is 7.99. The van der Waals surface area contributed by atoms with Crippen molar-refractivity contribution in [3.8, 4) is 0 Å². The van der Waals surface area contributed by atoms with Crippen LogP contribution < -0.4 is 4.72 Å². The van der Waals surface area contributed by atoms with E-state index in [-0.39, 0.29) is 9.92 Å². The molecule has 0 unspecified atom stereocenters. The molecule has 0 amide bonds. The van der Waals surface area contributed by atoms with Gasteiger partial charge in [-0.25, -0.2) is 13.4 Å². The fourth-order valence-corrected chi connectivity index (χ4v) is 3.70. The maximum Gasteiger partial charge on any atom is 0.265 e. The second-order valence-electron chi connectivity index (χ2n) is 3.33. The summed E-state index contributed by atoms with van der Waals surface area (Å²) >= 11 is 7.08. The Morgan fingerprint density at radius 1 is 1.35 bits per heavy atom. The van der Waals surface area contributed by atoms with Crippen molar-refractivity contribution in [2.45, 2.75) is 11.8 Å². The molecule has 4 nitrogen and oxygen atoms in total. The lowest BCUT2D eigenvalue weighted by Crippen LogP contribution is -2.13. The first kappa shape index (κ1) is 12.3. The van der Waals surface area contributed by atoms with E-state index < -0.39 is 10.0 Å². The molecule has 0 saturated carbocycles. The monoisotopic (exact) mass is 288 g/mol. The lowest BCUT2D eigenvalue weighted by Gasteiger charge is -2.06. The maximum absolute atomic E-state index is 12.0. The van der Waals surface area contributed by atoms with Gasteiger partial charge in [-0.1, -0.05) is 23.7 Å². The molecule has 0 fully saturated rings. The van der Waals surface area contributed by atoms with Gasteiger partial charge in [-0.05, 0) is 19.1 Å². The van der Waals surface area contributed by atoms with Gasteiger partial charge in [0.15, 0.2) is 5.13 Å². The fourth-order valence-electron chi connectivity index (χ4n) is 1.23. The van der Waals surface area contributed by atoms with Gasteiger partial charge in [-0.2, -0.15) is 0 Å². The van der Waals surface area contributed by atoms with E-state index in [2.05, 4.69) is 9.71 Å². The van der Waals surface area contributed by atoms with Gasteiger partial charge >= 0.3 is 0 Å². The summed E-state index contributed by atoms with van der Waals surface area (Å²) in [5.41, 5.74) is 0.770. The minimum atomic E-state index is -3.66. The highest BCUT2D eigenvalue weighted by Gasteiger charge is 2.18. The molecular formula is C10H9ClN2O2S2. The number of anilines is 1. The van der Waals surface area contributed by atoms with Crippen LogP contribution in [0.4, 0.5) is 5.13 Å². The van der Waals surface area contributed by atoms with Crippen LogP contribution in [0.1, 0.15) is 5.69 Å². The smallest absolute Gasteiger partial charge is 0.255 e. The van der Waals surface area contributed by atoms with Crippen LogP contribution >= 0.6 is 22.9 Å². The van der Waals surface area contributed by atoms with Crippen molar-refractivity contribution in [1.29, 1.82) is 0 Å². The number of rotatable bonds is 3. The highest BCUT2D eigenvalue weighted by Crippen LogP contribution is 2.24. The standard InChI is InChI=1S/C10H9ClN2O2S2/c1-7-6-16-10(12-7)13-17(14,15)9-5-3-2-4-8(9)11/h2-6H,1H3,(H,12,13). The molecule has 1 heterocycles. The molecule has 17 heavy (non-hydrogen) atoms. The normalized spacial score (nSPS) is 11.4. The molecule has 0 atom stereocenters. The Hall–Kier alpha value is -1.11. The number of nitrogens with one attached hydrogen (secondary N) is 1. The Morgan fingerprint density at radius 3 is 2.65 bits per heavy atom. The zero-order valence-electron chi connectivity index (χ0n) is 8.84. The molecule has 1 N–H and O–H groups in total. The minimum absolute atomic E-state index is 0.0505. The van der Waals surface area contributed by atoms with Crippen molar-refractivity contribution in [1.82, 2.24) is 4.98 Å². The quantitative estimate of drug-likeness (QED) is 0.945. The van der Waals surface area contributed by atoms with Crippen LogP contribution in [0.5, 0.6) is 0 Å². The highest BCUT2D eigenvalue weighted by molar-refractivity contribution is 7.93. The fraction of sp³-hybridized carbons (Fsp3) is 0.100. The second-order valence-corrected chi connectivity index (χ2v) is 6.25. The summed E-state index contributed by atoms with van der Waals surface area (Å²) in [6, 6.07) is 6.27. The van der Waals surface area contributed by atoms with E-state index >= 15 is 0 Å². The van der Waals surface area contributed by atoms with Gasteiger partial charge in [0.2, 0.25) is 0 Å². The molecule has 0 radical (unpaired) electrons. The number of hydrogen-bond acceptors (Lipinski definition) is 4. The molecule has 0 spiro atoms. The molecule has 2 rings (SSSR count). The molecule has 0 aliphatic heterocycles. The van der Waals surface area contributed by atoms with Crippen LogP contribution in [0.15, 0.2) is 34.5 Å². The van der Waals surface area contributed by atoms with Crippen molar-refractivity contribution < 1.29 is 8.42 Å². The Bertz CT molecular complexity index is 637. The third kappa shape index (κ3) is 2.77. The van der Waals surface area contributed by atoms with E-state index in [1.54, 1.807) is 24.4 Å². The lowest BCUT2D eigenvalue weighted by molar-refractivity contribution is 0.601. The average Bonchev–Trinajstić information content (AvgIpc) is 2.63. The molecule has 0 bridgehead atoms. The van der Waals surface area contributed by atoms with Crippen LogP contribution in [-0.2, 0) is 10.0 Å². The van der Waals surface area contributed by atoms with Gasteiger partial charge in [0.1, 0.15) is 4.90 Å². The van der Waals surface area contributed by atoms with Crippen LogP contribution in [0, 0.1) is 6.92 Å². The number of nitrogens with zero attached hydrogens (tertiary/aromatic N) is 1. The Balaban J connectivity index is 2.35. The predicted molar refractivity (Wildman–Crippen MR) is 69.1 cm³/mol. The minimum Gasteiger partial charge on any atom is -0.255 e. The zero-order valence-corrected chi connectivity index (χ0v) is 11.2. The van der Waals surface area contributed by atoms with Crippen molar-refractivity contribution in [3.05, 3.63) is 40.4 Å². The largest absolute Gasteiger partial charge is 0.265 e. The third-order valence-electron chi connectivity index (χ3n) is 1.97. The average molecular weight is 289 g/mol. The van der Waals surface area contributed by atoms with Crippen LogP contribution in [0.25, 0.3) is 0 Å². The summed E-state index contributed by atoms with van der Waals surface area (Å²) in [4.78, 5) is 4.09. The Morgan fingerprint density at radius 2 is 2.06 bits per heavy atom. The van der Waals surface area contributed by atoms with Gasteiger partial charge in [0, 0.05) is 5.38 Å². The van der Waals surface area contributed by atoms with Gasteiger partial charge in [-0.15, -0.1) is 11.3 Å². The van der Waals surface area contributed by atoms with Gasteiger partial charge in [-0.3, -0.25) is 4.72 Å². The first-order valence-electron chi connectivity index (χ1n) is 4.68. The van der Waals surface area contributed by atoms with E-state index in [0.717, 1.165) is 5.69 Å². The summed E-state index contributed by atoms with van der Waals surface area (Å²) < 4.78 is 26.4. The van der Waals surface area contributed by atoms with Gasteiger partial charge in [0.25, 0.3) is 10.0 Å². The number of sulfonamides is 1. The molecule has 2 aromatic rings.